The second-order valence-corrected chi connectivity index (χ2v) is 6.72. The van der Waals surface area contributed by atoms with Crippen molar-refractivity contribution >= 4 is 6.03 Å². The van der Waals surface area contributed by atoms with Gasteiger partial charge in [-0.25, -0.2) is 14.8 Å². The van der Waals surface area contributed by atoms with Gasteiger partial charge in [0.2, 0.25) is 0 Å². The zero-order chi connectivity index (χ0) is 16.8. The first-order valence-electron chi connectivity index (χ1n) is 8.46. The molecule has 7 nitrogen and oxygen atoms in total. The molecule has 0 aromatic carbocycles. The molecule has 1 saturated carbocycles. The molecule has 7 heteroatoms. The van der Waals surface area contributed by atoms with E-state index in [1.165, 1.54) is 25.6 Å². The quantitative estimate of drug-likeness (QED) is 0.847. The van der Waals surface area contributed by atoms with Crippen molar-refractivity contribution in [1.29, 1.82) is 0 Å². The van der Waals surface area contributed by atoms with Crippen LogP contribution in [0.2, 0.25) is 0 Å². The average molecular weight is 332 g/mol. The summed E-state index contributed by atoms with van der Waals surface area (Å²) in [6.45, 7) is 2.87. The third-order valence-corrected chi connectivity index (χ3v) is 4.58. The van der Waals surface area contributed by atoms with Crippen LogP contribution < -0.4 is 5.32 Å². The fourth-order valence-electron chi connectivity index (χ4n) is 3.19. The van der Waals surface area contributed by atoms with Gasteiger partial charge in [0.05, 0.1) is 24.5 Å². The second kappa shape index (κ2) is 7.51. The summed E-state index contributed by atoms with van der Waals surface area (Å²) in [6.07, 6.45) is 12.7. The Morgan fingerprint density at radius 2 is 1.62 bits per heavy atom. The first kappa shape index (κ1) is 16.5. The first-order chi connectivity index (χ1) is 11.6. The number of carbonyl (C=O) groups excluding carboxylic acids is 1. The Morgan fingerprint density at radius 1 is 1.08 bits per heavy atom. The molecule has 2 aromatic heterocycles. The lowest BCUT2D eigenvalue weighted by atomic mass is 9.93. The van der Waals surface area contributed by atoms with Gasteiger partial charge in [0, 0.05) is 5.54 Å². The van der Waals surface area contributed by atoms with E-state index in [4.69, 9.17) is 8.83 Å². The van der Waals surface area contributed by atoms with Crippen molar-refractivity contribution in [1.82, 2.24) is 20.2 Å². The fourth-order valence-corrected chi connectivity index (χ4v) is 3.19. The molecule has 0 spiro atoms. The summed E-state index contributed by atoms with van der Waals surface area (Å²) in [4.78, 5) is 22.8. The zero-order valence-electron chi connectivity index (χ0n) is 14.0. The summed E-state index contributed by atoms with van der Waals surface area (Å²) in [5.41, 5.74) is 1.26. The van der Waals surface area contributed by atoms with E-state index in [0.29, 0.717) is 24.5 Å². The highest BCUT2D eigenvalue weighted by Crippen LogP contribution is 2.27. The largest absolute Gasteiger partial charge is 0.451 e. The summed E-state index contributed by atoms with van der Waals surface area (Å²) >= 11 is 0. The minimum absolute atomic E-state index is 0.106. The van der Waals surface area contributed by atoms with E-state index in [2.05, 4.69) is 22.2 Å². The summed E-state index contributed by atoms with van der Waals surface area (Å²) in [7, 11) is 0. The highest BCUT2D eigenvalue weighted by atomic mass is 16.3. The van der Waals surface area contributed by atoms with Gasteiger partial charge >= 0.3 is 6.03 Å². The lowest BCUT2D eigenvalue weighted by Crippen LogP contribution is -2.51. The molecule has 2 aromatic rings. The molecule has 2 amide bonds. The first-order valence-corrected chi connectivity index (χ1v) is 8.46. The predicted octanol–water partition coefficient (Wildman–Crippen LogP) is 3.49. The van der Waals surface area contributed by atoms with E-state index >= 15 is 0 Å². The van der Waals surface area contributed by atoms with Gasteiger partial charge in [-0.2, -0.15) is 0 Å². The molecule has 1 N–H and O–H groups in total. The van der Waals surface area contributed by atoms with Crippen LogP contribution in [0.4, 0.5) is 4.79 Å². The van der Waals surface area contributed by atoms with Crippen LogP contribution in [0.5, 0.6) is 0 Å². The van der Waals surface area contributed by atoms with Gasteiger partial charge in [0.15, 0.2) is 12.8 Å². The van der Waals surface area contributed by atoms with Crippen LogP contribution in [0, 0.1) is 0 Å². The van der Waals surface area contributed by atoms with E-state index in [1.54, 1.807) is 17.4 Å². The maximum Gasteiger partial charge on any atom is 0.318 e. The number of oxazole rings is 2. The molecular weight excluding hydrogens is 308 g/mol. The number of aromatic nitrogens is 2. The molecule has 3 rings (SSSR count). The number of rotatable bonds is 5. The number of carbonyl (C=O) groups is 1. The number of nitrogens with one attached hydrogen (secondary N) is 1. The van der Waals surface area contributed by atoms with Crippen LogP contribution in [0.3, 0.4) is 0 Å². The van der Waals surface area contributed by atoms with Crippen molar-refractivity contribution in [3.05, 3.63) is 36.7 Å². The van der Waals surface area contributed by atoms with E-state index in [0.717, 1.165) is 25.7 Å². The van der Waals surface area contributed by atoms with Crippen molar-refractivity contribution in [2.45, 2.75) is 64.1 Å². The number of hydrogen-bond donors (Lipinski definition) is 1. The zero-order valence-corrected chi connectivity index (χ0v) is 14.0. The number of amides is 2. The molecule has 1 fully saturated rings. The van der Waals surface area contributed by atoms with Gasteiger partial charge in [0.25, 0.3) is 0 Å². The Kier molecular flexibility index (Phi) is 5.17. The average Bonchev–Trinajstić information content (AvgIpc) is 3.20. The maximum atomic E-state index is 12.9. The van der Waals surface area contributed by atoms with Gasteiger partial charge < -0.3 is 19.1 Å². The Morgan fingerprint density at radius 3 is 2.08 bits per heavy atom. The molecule has 0 atom stereocenters. The van der Waals surface area contributed by atoms with Gasteiger partial charge in [-0.15, -0.1) is 0 Å². The Balaban J connectivity index is 1.69. The minimum Gasteiger partial charge on any atom is -0.451 e. The smallest absolute Gasteiger partial charge is 0.318 e. The molecule has 0 saturated heterocycles. The predicted molar refractivity (Wildman–Crippen MR) is 86.9 cm³/mol. The third kappa shape index (κ3) is 4.37. The lowest BCUT2D eigenvalue weighted by Gasteiger charge is -2.33. The normalized spacial score (nSPS) is 17.2. The summed E-state index contributed by atoms with van der Waals surface area (Å²) in [5.74, 6) is 0. The van der Waals surface area contributed by atoms with Crippen LogP contribution in [-0.4, -0.2) is 26.4 Å². The number of nitrogens with zero attached hydrogens (tertiary/aromatic N) is 3. The maximum absolute atomic E-state index is 12.9. The van der Waals surface area contributed by atoms with Crippen molar-refractivity contribution in [2.75, 3.05) is 0 Å². The van der Waals surface area contributed by atoms with Crippen molar-refractivity contribution in [3.8, 4) is 0 Å². The standard InChI is InChI=1S/C17H24N4O3/c1-17(6-4-2-3-5-7-17)20-16(22)21(8-14-10-23-12-18-14)9-15-11-24-13-19-15/h10-13H,2-9H2,1H3,(H,20,22). The van der Waals surface area contributed by atoms with Crippen LogP contribution in [0.1, 0.15) is 56.8 Å². The molecular formula is C17H24N4O3. The highest BCUT2D eigenvalue weighted by Gasteiger charge is 2.29. The van der Waals surface area contributed by atoms with Crippen LogP contribution in [0.25, 0.3) is 0 Å². The van der Waals surface area contributed by atoms with Crippen molar-refractivity contribution in [2.24, 2.45) is 0 Å². The topological polar surface area (TPSA) is 84.4 Å². The molecule has 0 aliphatic heterocycles. The van der Waals surface area contributed by atoms with Gasteiger partial charge in [-0.3, -0.25) is 0 Å². The lowest BCUT2D eigenvalue weighted by molar-refractivity contribution is 0.174. The monoisotopic (exact) mass is 332 g/mol. The van der Waals surface area contributed by atoms with E-state index in [9.17, 15) is 4.79 Å². The summed E-state index contributed by atoms with van der Waals surface area (Å²) < 4.78 is 10.0. The molecule has 1 aliphatic carbocycles. The minimum atomic E-state index is -0.153. The Bertz CT molecular complexity index is 580. The molecule has 24 heavy (non-hydrogen) atoms. The molecule has 0 bridgehead atoms. The Labute approximate surface area is 141 Å². The van der Waals surface area contributed by atoms with Crippen LogP contribution in [-0.2, 0) is 13.1 Å². The van der Waals surface area contributed by atoms with Crippen molar-refractivity contribution in [3.63, 3.8) is 0 Å². The molecule has 0 unspecified atom stereocenters. The molecule has 2 heterocycles. The number of urea groups is 1. The molecule has 0 radical (unpaired) electrons. The second-order valence-electron chi connectivity index (χ2n) is 6.72. The highest BCUT2D eigenvalue weighted by molar-refractivity contribution is 5.75. The molecule has 1 aliphatic rings. The Hall–Kier alpha value is -2.31. The van der Waals surface area contributed by atoms with Crippen LogP contribution >= 0.6 is 0 Å². The van der Waals surface area contributed by atoms with E-state index in [1.807, 2.05) is 0 Å². The van der Waals surface area contributed by atoms with Crippen LogP contribution in [0.15, 0.2) is 34.1 Å². The third-order valence-electron chi connectivity index (χ3n) is 4.58. The van der Waals surface area contributed by atoms with Gasteiger partial charge in [0.1, 0.15) is 12.5 Å². The summed E-state index contributed by atoms with van der Waals surface area (Å²) in [6, 6.07) is -0.106. The van der Waals surface area contributed by atoms with Crippen molar-refractivity contribution < 1.29 is 13.6 Å². The SMILES string of the molecule is CC1(NC(=O)N(Cc2cocn2)Cc2cocn2)CCCCCC1. The van der Waals surface area contributed by atoms with Gasteiger partial charge in [-0.05, 0) is 19.8 Å². The molecule has 130 valence electrons. The van der Waals surface area contributed by atoms with E-state index < -0.39 is 0 Å². The van der Waals surface area contributed by atoms with E-state index in [-0.39, 0.29) is 11.6 Å². The summed E-state index contributed by atoms with van der Waals surface area (Å²) in [5, 5.41) is 3.23. The van der Waals surface area contributed by atoms with Gasteiger partial charge in [-0.1, -0.05) is 25.7 Å². The number of hydrogen-bond acceptors (Lipinski definition) is 5. The fraction of sp³-hybridized carbons (Fsp3) is 0.588.